The van der Waals surface area contributed by atoms with E-state index in [0.29, 0.717) is 5.69 Å². The molecule has 18 heavy (non-hydrogen) atoms. The van der Waals surface area contributed by atoms with Crippen LogP contribution in [-0.4, -0.2) is 23.0 Å². The van der Waals surface area contributed by atoms with Crippen molar-refractivity contribution in [3.63, 3.8) is 0 Å². The average Bonchev–Trinajstić information content (AvgIpc) is 2.38. The molecule has 1 saturated carbocycles. The molecule has 0 aliphatic heterocycles. The average molecular weight is 250 g/mol. The van der Waals surface area contributed by atoms with Gasteiger partial charge in [-0.15, -0.1) is 0 Å². The van der Waals surface area contributed by atoms with Crippen molar-refractivity contribution >= 4 is 17.7 Å². The van der Waals surface area contributed by atoms with Gasteiger partial charge in [-0.25, -0.2) is 9.78 Å². The molecule has 1 aliphatic rings. The quantitative estimate of drug-likeness (QED) is 0.770. The van der Waals surface area contributed by atoms with E-state index in [0.717, 1.165) is 25.7 Å². The largest absolute Gasteiger partial charge is 0.465 e. The molecule has 1 heterocycles. The van der Waals surface area contributed by atoms with Gasteiger partial charge in [0.1, 0.15) is 11.4 Å². The van der Waals surface area contributed by atoms with Crippen LogP contribution in [0, 0.1) is 0 Å². The summed E-state index contributed by atoms with van der Waals surface area (Å²) in [5, 5.41) is 0. The van der Waals surface area contributed by atoms with Crippen molar-refractivity contribution in [2.45, 2.75) is 38.0 Å². The molecule has 0 amide bonds. The van der Waals surface area contributed by atoms with Crippen molar-refractivity contribution in [2.24, 2.45) is 0 Å². The Morgan fingerprint density at radius 2 is 1.89 bits per heavy atom. The lowest BCUT2D eigenvalue weighted by Gasteiger charge is -2.23. The first kappa shape index (κ1) is 12.6. The molecule has 1 aliphatic carbocycles. The summed E-state index contributed by atoms with van der Waals surface area (Å²) in [6, 6.07) is 0. The Bertz CT molecular complexity index is 456. The van der Waals surface area contributed by atoms with Gasteiger partial charge in [0.2, 0.25) is 5.95 Å². The van der Waals surface area contributed by atoms with Gasteiger partial charge in [0.05, 0.1) is 12.8 Å². The lowest BCUT2D eigenvalue weighted by Crippen LogP contribution is -2.18. The van der Waals surface area contributed by atoms with Crippen LogP contribution in [0.15, 0.2) is 0 Å². The fraction of sp³-hybridized carbons (Fsp3) is 0.583. The second-order valence-electron chi connectivity index (χ2n) is 4.55. The van der Waals surface area contributed by atoms with Crippen LogP contribution in [0.5, 0.6) is 0 Å². The molecular weight excluding hydrogens is 232 g/mol. The highest BCUT2D eigenvalue weighted by Crippen LogP contribution is 2.35. The number of ether oxygens (including phenoxy) is 1. The number of hydrogen-bond donors (Lipinski definition) is 2. The van der Waals surface area contributed by atoms with Crippen LogP contribution in [0.4, 0.5) is 11.8 Å². The minimum Gasteiger partial charge on any atom is -0.465 e. The second kappa shape index (κ2) is 5.20. The summed E-state index contributed by atoms with van der Waals surface area (Å²) in [5.41, 5.74) is 12.3. The third-order valence-corrected chi connectivity index (χ3v) is 3.36. The van der Waals surface area contributed by atoms with Crippen molar-refractivity contribution in [1.82, 2.24) is 9.97 Å². The summed E-state index contributed by atoms with van der Waals surface area (Å²) in [6.45, 7) is 0. The predicted molar refractivity (Wildman–Crippen MR) is 68.0 cm³/mol. The molecule has 0 unspecified atom stereocenters. The normalized spacial score (nSPS) is 16.5. The molecule has 6 nitrogen and oxygen atoms in total. The van der Waals surface area contributed by atoms with Gasteiger partial charge in [-0.05, 0) is 12.8 Å². The summed E-state index contributed by atoms with van der Waals surface area (Å²) in [5.74, 6) is -0.0517. The molecule has 0 bridgehead atoms. The molecular formula is C12H18N4O2. The first-order valence-electron chi connectivity index (χ1n) is 6.14. The number of carbonyl (C=O) groups excluding carboxylic acids is 1. The number of aromatic nitrogens is 2. The summed E-state index contributed by atoms with van der Waals surface area (Å²) in [7, 11) is 1.32. The molecule has 0 saturated heterocycles. The number of nitrogen functional groups attached to an aromatic ring is 2. The monoisotopic (exact) mass is 250 g/mol. The van der Waals surface area contributed by atoms with Crippen LogP contribution >= 0.6 is 0 Å². The topological polar surface area (TPSA) is 104 Å². The third-order valence-electron chi connectivity index (χ3n) is 3.36. The highest BCUT2D eigenvalue weighted by atomic mass is 16.5. The molecule has 6 heteroatoms. The van der Waals surface area contributed by atoms with Crippen LogP contribution in [0.2, 0.25) is 0 Å². The number of rotatable bonds is 2. The predicted octanol–water partition coefficient (Wildman–Crippen LogP) is 1.48. The van der Waals surface area contributed by atoms with Crippen molar-refractivity contribution in [1.29, 1.82) is 0 Å². The summed E-state index contributed by atoms with van der Waals surface area (Å²) in [4.78, 5) is 19.8. The second-order valence-corrected chi connectivity index (χ2v) is 4.55. The maximum absolute atomic E-state index is 11.8. The van der Waals surface area contributed by atoms with E-state index in [1.54, 1.807) is 0 Å². The van der Waals surface area contributed by atoms with E-state index in [1.165, 1.54) is 13.5 Å². The van der Waals surface area contributed by atoms with E-state index in [-0.39, 0.29) is 23.2 Å². The number of hydrogen-bond acceptors (Lipinski definition) is 6. The zero-order chi connectivity index (χ0) is 13.1. The molecule has 1 aromatic heterocycles. The van der Waals surface area contributed by atoms with Gasteiger partial charge in [-0.1, -0.05) is 19.3 Å². The van der Waals surface area contributed by atoms with Gasteiger partial charge in [0, 0.05) is 5.92 Å². The van der Waals surface area contributed by atoms with Gasteiger partial charge in [0.15, 0.2) is 0 Å². The number of nitrogens with two attached hydrogens (primary N) is 2. The van der Waals surface area contributed by atoms with Crippen molar-refractivity contribution in [3.05, 3.63) is 11.3 Å². The Kier molecular flexibility index (Phi) is 3.64. The van der Waals surface area contributed by atoms with E-state index in [2.05, 4.69) is 9.97 Å². The van der Waals surface area contributed by atoms with Gasteiger partial charge in [-0.2, -0.15) is 4.98 Å². The van der Waals surface area contributed by atoms with Crippen molar-refractivity contribution < 1.29 is 9.53 Å². The van der Waals surface area contributed by atoms with E-state index in [4.69, 9.17) is 16.2 Å². The standard InChI is InChI=1S/C12H18N4O2/c1-18-11(17)8-9(7-5-3-2-4-6-7)15-12(14)16-10(8)13/h7H,2-6H2,1H3,(H4,13,14,15,16). The maximum Gasteiger partial charge on any atom is 0.343 e. The van der Waals surface area contributed by atoms with Crippen LogP contribution < -0.4 is 11.5 Å². The molecule has 0 atom stereocenters. The fourth-order valence-electron chi connectivity index (χ4n) is 2.50. The van der Waals surface area contributed by atoms with E-state index in [9.17, 15) is 4.79 Å². The van der Waals surface area contributed by atoms with E-state index in [1.807, 2.05) is 0 Å². The lowest BCUT2D eigenvalue weighted by atomic mass is 9.85. The van der Waals surface area contributed by atoms with Gasteiger partial charge in [-0.3, -0.25) is 0 Å². The minimum absolute atomic E-state index is 0.106. The minimum atomic E-state index is -0.493. The molecule has 4 N–H and O–H groups in total. The van der Waals surface area contributed by atoms with Crippen LogP contribution in [-0.2, 0) is 4.74 Å². The maximum atomic E-state index is 11.8. The molecule has 1 fully saturated rings. The van der Waals surface area contributed by atoms with Crippen molar-refractivity contribution in [2.75, 3.05) is 18.6 Å². The Hall–Kier alpha value is -1.85. The van der Waals surface area contributed by atoms with Crippen molar-refractivity contribution in [3.8, 4) is 0 Å². The molecule has 0 spiro atoms. The SMILES string of the molecule is COC(=O)c1c(N)nc(N)nc1C1CCCCC1. The zero-order valence-electron chi connectivity index (χ0n) is 10.5. The lowest BCUT2D eigenvalue weighted by molar-refractivity contribution is 0.0598. The smallest absolute Gasteiger partial charge is 0.343 e. The van der Waals surface area contributed by atoms with E-state index < -0.39 is 5.97 Å². The molecule has 0 aromatic carbocycles. The first-order chi connectivity index (χ1) is 8.63. The van der Waals surface area contributed by atoms with Crippen LogP contribution in [0.3, 0.4) is 0 Å². The highest BCUT2D eigenvalue weighted by molar-refractivity contribution is 5.95. The zero-order valence-corrected chi connectivity index (χ0v) is 10.5. The number of anilines is 2. The number of nitrogens with zero attached hydrogens (tertiary/aromatic N) is 2. The highest BCUT2D eigenvalue weighted by Gasteiger charge is 2.26. The Morgan fingerprint density at radius 1 is 1.22 bits per heavy atom. The van der Waals surface area contributed by atoms with Crippen LogP contribution in [0.1, 0.15) is 54.1 Å². The molecule has 2 rings (SSSR count). The van der Waals surface area contributed by atoms with Gasteiger partial charge >= 0.3 is 5.97 Å². The summed E-state index contributed by atoms with van der Waals surface area (Å²) >= 11 is 0. The molecule has 0 radical (unpaired) electrons. The van der Waals surface area contributed by atoms with Gasteiger partial charge in [0.25, 0.3) is 0 Å². The Balaban J connectivity index is 2.45. The van der Waals surface area contributed by atoms with Gasteiger partial charge < -0.3 is 16.2 Å². The summed E-state index contributed by atoms with van der Waals surface area (Å²) in [6.07, 6.45) is 5.49. The number of carbonyl (C=O) groups is 1. The first-order valence-corrected chi connectivity index (χ1v) is 6.14. The number of methoxy groups -OCH3 is 1. The Morgan fingerprint density at radius 3 is 2.50 bits per heavy atom. The molecule has 98 valence electrons. The Labute approximate surface area is 106 Å². The fourth-order valence-corrected chi connectivity index (χ4v) is 2.50. The van der Waals surface area contributed by atoms with E-state index >= 15 is 0 Å². The molecule has 1 aromatic rings. The number of esters is 1. The van der Waals surface area contributed by atoms with Crippen LogP contribution in [0.25, 0.3) is 0 Å². The summed E-state index contributed by atoms with van der Waals surface area (Å²) < 4.78 is 4.75. The third kappa shape index (κ3) is 2.37.